The Hall–Kier alpha value is -0.990. The summed E-state index contributed by atoms with van der Waals surface area (Å²) in [6, 6.07) is 1.91. The number of nitrogens with zero attached hydrogens (tertiary/aromatic N) is 3. The van der Waals surface area contributed by atoms with Crippen LogP contribution in [0.2, 0.25) is 0 Å². The number of hydrogen-bond acceptors (Lipinski definition) is 6. The maximum atomic E-state index is 10.2. The molecule has 1 N–H and O–H groups in total. The second-order valence-corrected chi connectivity index (χ2v) is 6.31. The molecule has 7 nitrogen and oxygen atoms in total. The summed E-state index contributed by atoms with van der Waals surface area (Å²) < 4.78 is 18.8. The van der Waals surface area contributed by atoms with Crippen molar-refractivity contribution in [1.29, 1.82) is 0 Å². The van der Waals surface area contributed by atoms with Gasteiger partial charge in [-0.25, -0.2) is 0 Å². The van der Waals surface area contributed by atoms with Gasteiger partial charge in [0.15, 0.2) is 0 Å². The van der Waals surface area contributed by atoms with Crippen molar-refractivity contribution in [1.82, 2.24) is 14.7 Å². The van der Waals surface area contributed by atoms with Gasteiger partial charge in [-0.3, -0.25) is 9.58 Å². The van der Waals surface area contributed by atoms with Crippen LogP contribution in [0.25, 0.3) is 0 Å². The third kappa shape index (κ3) is 5.54. The normalized spacial score (nSPS) is 27.3. The van der Waals surface area contributed by atoms with Crippen molar-refractivity contribution >= 4 is 0 Å². The summed E-state index contributed by atoms with van der Waals surface area (Å²) >= 11 is 0. The summed E-state index contributed by atoms with van der Waals surface area (Å²) in [6.45, 7) is 5.49. The highest BCUT2D eigenvalue weighted by molar-refractivity contribution is 4.81. The Balaban J connectivity index is 1.33. The van der Waals surface area contributed by atoms with Crippen LogP contribution < -0.4 is 0 Å². The zero-order valence-electron chi connectivity index (χ0n) is 13.5. The topological polar surface area (TPSA) is 69.0 Å². The van der Waals surface area contributed by atoms with Crippen LogP contribution in [0.5, 0.6) is 0 Å². The highest BCUT2D eigenvalue weighted by Crippen LogP contribution is 2.12. The van der Waals surface area contributed by atoms with Gasteiger partial charge in [0.2, 0.25) is 0 Å². The molecule has 23 heavy (non-hydrogen) atoms. The average molecular weight is 325 g/mol. The molecule has 2 aliphatic heterocycles. The molecule has 2 saturated heterocycles. The van der Waals surface area contributed by atoms with Crippen LogP contribution >= 0.6 is 0 Å². The van der Waals surface area contributed by atoms with Crippen molar-refractivity contribution in [2.24, 2.45) is 0 Å². The lowest BCUT2D eigenvalue weighted by molar-refractivity contribution is -0.0630. The number of ether oxygens (including phenoxy) is 3. The Kier molecular flexibility index (Phi) is 6.41. The molecule has 0 bridgehead atoms. The fourth-order valence-corrected chi connectivity index (χ4v) is 3.14. The summed E-state index contributed by atoms with van der Waals surface area (Å²) in [4.78, 5) is 2.23. The molecule has 1 aromatic heterocycles. The molecule has 0 unspecified atom stereocenters. The van der Waals surface area contributed by atoms with Crippen molar-refractivity contribution in [3.05, 3.63) is 18.5 Å². The number of morpholine rings is 1. The van der Waals surface area contributed by atoms with Gasteiger partial charge in [-0.15, -0.1) is 0 Å². The fraction of sp³-hybridized carbons (Fsp3) is 0.812. The molecule has 3 rings (SSSR count). The van der Waals surface area contributed by atoms with Crippen molar-refractivity contribution < 1.29 is 19.3 Å². The van der Waals surface area contributed by atoms with Gasteiger partial charge in [0.05, 0.1) is 44.7 Å². The van der Waals surface area contributed by atoms with Crippen LogP contribution in [0.1, 0.15) is 12.8 Å². The molecular weight excluding hydrogens is 298 g/mol. The second kappa shape index (κ2) is 8.75. The first kappa shape index (κ1) is 16.9. The van der Waals surface area contributed by atoms with Crippen LogP contribution in [0, 0.1) is 0 Å². The van der Waals surface area contributed by atoms with Gasteiger partial charge in [-0.05, 0) is 18.9 Å². The molecule has 0 radical (unpaired) electrons. The van der Waals surface area contributed by atoms with E-state index in [4.69, 9.17) is 14.2 Å². The minimum Gasteiger partial charge on any atom is -0.389 e. The van der Waals surface area contributed by atoms with E-state index in [1.54, 1.807) is 6.20 Å². The Morgan fingerprint density at radius 3 is 3.00 bits per heavy atom. The van der Waals surface area contributed by atoms with Crippen LogP contribution in [0.15, 0.2) is 18.5 Å². The van der Waals surface area contributed by atoms with Crippen molar-refractivity contribution in [2.75, 3.05) is 46.1 Å². The van der Waals surface area contributed by atoms with Gasteiger partial charge in [0.1, 0.15) is 0 Å². The number of aliphatic hydroxyl groups is 1. The first-order valence-electron chi connectivity index (χ1n) is 8.48. The van der Waals surface area contributed by atoms with E-state index in [-0.39, 0.29) is 12.2 Å². The molecule has 2 aliphatic rings. The standard InChI is InChI=1S/C16H27N3O4/c20-14(12-21-13-15-3-1-7-22-15)9-18-6-8-23-16(10-18)11-19-5-2-4-17-19/h2,4-5,14-16,20H,1,3,6-13H2/t14-,15+,16+/m0/s1. The Labute approximate surface area is 137 Å². The summed E-state index contributed by atoms with van der Waals surface area (Å²) in [5.41, 5.74) is 0. The summed E-state index contributed by atoms with van der Waals surface area (Å²) in [6.07, 6.45) is 5.75. The van der Waals surface area contributed by atoms with E-state index in [2.05, 4.69) is 10.00 Å². The molecule has 0 amide bonds. The molecule has 0 spiro atoms. The molecule has 3 heterocycles. The molecule has 0 aromatic carbocycles. The molecule has 7 heteroatoms. The SMILES string of the molecule is O[C@H](COC[C@H]1CCCO1)CN1CCO[C@@H](Cn2cccn2)C1. The molecule has 2 fully saturated rings. The van der Waals surface area contributed by atoms with Crippen molar-refractivity contribution in [3.8, 4) is 0 Å². The van der Waals surface area contributed by atoms with E-state index < -0.39 is 6.10 Å². The molecule has 130 valence electrons. The highest BCUT2D eigenvalue weighted by atomic mass is 16.5. The van der Waals surface area contributed by atoms with Gasteiger partial charge < -0.3 is 19.3 Å². The zero-order valence-corrected chi connectivity index (χ0v) is 13.5. The third-order valence-corrected chi connectivity index (χ3v) is 4.28. The lowest BCUT2D eigenvalue weighted by Crippen LogP contribution is -2.47. The number of aliphatic hydroxyl groups excluding tert-OH is 1. The Morgan fingerprint density at radius 2 is 2.22 bits per heavy atom. The van der Waals surface area contributed by atoms with Gasteiger partial charge in [-0.1, -0.05) is 0 Å². The van der Waals surface area contributed by atoms with E-state index in [9.17, 15) is 5.11 Å². The van der Waals surface area contributed by atoms with Gasteiger partial charge in [0, 0.05) is 38.6 Å². The fourth-order valence-electron chi connectivity index (χ4n) is 3.14. The van der Waals surface area contributed by atoms with Crippen LogP contribution in [-0.4, -0.2) is 84.2 Å². The van der Waals surface area contributed by atoms with E-state index in [0.717, 1.165) is 39.1 Å². The number of aromatic nitrogens is 2. The molecular formula is C16H27N3O4. The number of β-amino-alcohol motifs (C(OH)–C–C–N with tert-alkyl or cyclic N) is 1. The molecule has 0 aliphatic carbocycles. The monoisotopic (exact) mass is 325 g/mol. The van der Waals surface area contributed by atoms with E-state index in [0.29, 0.717) is 26.4 Å². The van der Waals surface area contributed by atoms with E-state index in [1.807, 2.05) is 16.9 Å². The largest absolute Gasteiger partial charge is 0.389 e. The highest BCUT2D eigenvalue weighted by Gasteiger charge is 2.23. The van der Waals surface area contributed by atoms with Crippen LogP contribution in [0.3, 0.4) is 0 Å². The predicted molar refractivity (Wildman–Crippen MR) is 84.2 cm³/mol. The predicted octanol–water partition coefficient (Wildman–Crippen LogP) is 0.140. The first-order chi connectivity index (χ1) is 11.3. The van der Waals surface area contributed by atoms with Gasteiger partial charge >= 0.3 is 0 Å². The molecule has 3 atom stereocenters. The van der Waals surface area contributed by atoms with Crippen molar-refractivity contribution in [2.45, 2.75) is 37.7 Å². The minimum absolute atomic E-state index is 0.114. The van der Waals surface area contributed by atoms with Crippen molar-refractivity contribution in [3.63, 3.8) is 0 Å². The van der Waals surface area contributed by atoms with Crippen LogP contribution in [-0.2, 0) is 20.8 Å². The minimum atomic E-state index is -0.472. The number of hydrogen-bond donors (Lipinski definition) is 1. The van der Waals surface area contributed by atoms with E-state index in [1.165, 1.54) is 0 Å². The van der Waals surface area contributed by atoms with E-state index >= 15 is 0 Å². The lowest BCUT2D eigenvalue weighted by atomic mass is 10.2. The average Bonchev–Trinajstić information content (AvgIpc) is 3.21. The number of rotatable bonds is 8. The quantitative estimate of drug-likeness (QED) is 0.733. The van der Waals surface area contributed by atoms with Gasteiger partial charge in [-0.2, -0.15) is 5.10 Å². The zero-order chi connectivity index (χ0) is 15.9. The maximum absolute atomic E-state index is 10.2. The Morgan fingerprint density at radius 1 is 1.30 bits per heavy atom. The molecule has 0 saturated carbocycles. The second-order valence-electron chi connectivity index (χ2n) is 6.31. The van der Waals surface area contributed by atoms with Gasteiger partial charge in [0.25, 0.3) is 0 Å². The smallest absolute Gasteiger partial charge is 0.0900 e. The summed E-state index contributed by atoms with van der Waals surface area (Å²) in [7, 11) is 0. The third-order valence-electron chi connectivity index (χ3n) is 4.28. The lowest BCUT2D eigenvalue weighted by Gasteiger charge is -2.34. The Bertz CT molecular complexity index is 437. The summed E-state index contributed by atoms with van der Waals surface area (Å²) in [5.74, 6) is 0. The first-order valence-corrected chi connectivity index (χ1v) is 8.48. The molecule has 1 aromatic rings. The van der Waals surface area contributed by atoms with Crippen LogP contribution in [0.4, 0.5) is 0 Å². The maximum Gasteiger partial charge on any atom is 0.0900 e. The summed E-state index contributed by atoms with van der Waals surface area (Å²) in [5, 5.41) is 14.4.